The Morgan fingerprint density at radius 3 is 1.97 bits per heavy atom. The minimum Gasteiger partial charge on any atom is -0.490 e. The summed E-state index contributed by atoms with van der Waals surface area (Å²) in [6.07, 6.45) is 7.30. The zero-order chi connectivity index (χ0) is 23.8. The molecule has 2 aliphatic heterocycles. The lowest BCUT2D eigenvalue weighted by molar-refractivity contribution is -0.224. The topological polar surface area (TPSA) is 51.8 Å². The molecule has 178 valence electrons. The van der Waals surface area contributed by atoms with Crippen molar-refractivity contribution in [1.82, 2.24) is 0 Å². The van der Waals surface area contributed by atoms with E-state index in [0.29, 0.717) is 23.7 Å². The van der Waals surface area contributed by atoms with Crippen molar-refractivity contribution < 1.29 is 19.0 Å². The second kappa shape index (κ2) is 12.5. The van der Waals surface area contributed by atoms with E-state index in [1.807, 2.05) is 12.1 Å². The molecule has 2 aliphatic rings. The Kier molecular flexibility index (Phi) is 11.1. The summed E-state index contributed by atoms with van der Waals surface area (Å²) in [5, 5.41) is 9.85. The Hall–Kier alpha value is -1.52. The van der Waals surface area contributed by atoms with Gasteiger partial charge in [-0.15, -0.1) is 0 Å². The van der Waals surface area contributed by atoms with Gasteiger partial charge in [0.05, 0.1) is 18.6 Å². The van der Waals surface area contributed by atoms with Crippen LogP contribution in [0.1, 0.15) is 86.6 Å². The van der Waals surface area contributed by atoms with Gasteiger partial charge in [0.15, 0.2) is 6.29 Å². The molecular weight excluding hydrogens is 388 g/mol. The molecular formula is C27H46O4. The third-order valence-corrected chi connectivity index (χ3v) is 5.98. The van der Waals surface area contributed by atoms with E-state index in [1.54, 1.807) is 12.5 Å². The normalized spacial score (nSPS) is 23.7. The van der Waals surface area contributed by atoms with Crippen LogP contribution in [0, 0.1) is 23.2 Å². The summed E-state index contributed by atoms with van der Waals surface area (Å²) in [6.45, 7) is 23.8. The molecule has 4 heteroatoms. The van der Waals surface area contributed by atoms with Crippen LogP contribution < -0.4 is 0 Å². The first kappa shape index (κ1) is 27.5. The molecule has 1 fully saturated rings. The van der Waals surface area contributed by atoms with Crippen molar-refractivity contribution in [2.24, 2.45) is 23.2 Å². The van der Waals surface area contributed by atoms with Crippen molar-refractivity contribution in [3.05, 3.63) is 48.1 Å². The van der Waals surface area contributed by atoms with Crippen LogP contribution in [0.3, 0.4) is 0 Å². The second-order valence-corrected chi connectivity index (χ2v) is 10.7. The molecule has 0 amide bonds. The van der Waals surface area contributed by atoms with Gasteiger partial charge in [-0.25, -0.2) is 0 Å². The van der Waals surface area contributed by atoms with Crippen molar-refractivity contribution in [3.63, 3.8) is 0 Å². The number of allylic oxidation sites excluding steroid dienone is 1. The summed E-state index contributed by atoms with van der Waals surface area (Å²) in [5.41, 5.74) is 2.76. The lowest BCUT2D eigenvalue weighted by Gasteiger charge is -2.41. The monoisotopic (exact) mass is 434 g/mol. The Morgan fingerprint density at radius 1 is 1.03 bits per heavy atom. The molecule has 1 aromatic heterocycles. The highest BCUT2D eigenvalue weighted by Gasteiger charge is 2.36. The summed E-state index contributed by atoms with van der Waals surface area (Å²) in [7, 11) is 0. The molecule has 0 aliphatic carbocycles. The lowest BCUT2D eigenvalue weighted by atomic mass is 9.80. The molecule has 3 rings (SSSR count). The van der Waals surface area contributed by atoms with Gasteiger partial charge in [0.25, 0.3) is 0 Å². The Morgan fingerprint density at radius 2 is 1.68 bits per heavy atom. The standard InChI is InChI=1S/C12H24O2.C8H12O.C7H10O/c1-8(2)9-6-7-10(12(3,4)5)14-11(9)13;1-6(2)8-4-7(3)9-5-8;1-6(2)7-3-4-8-5-7/h8-11,13H,6-7H2,1-5H3;4,6H,3,5H2,1-2H3;3-6H,1-2H3. The van der Waals surface area contributed by atoms with Gasteiger partial charge in [0.1, 0.15) is 12.4 Å². The minimum absolute atomic E-state index is 0.142. The van der Waals surface area contributed by atoms with Gasteiger partial charge in [0, 0.05) is 5.92 Å². The van der Waals surface area contributed by atoms with Crippen LogP contribution in [0.2, 0.25) is 0 Å². The van der Waals surface area contributed by atoms with Crippen molar-refractivity contribution in [3.8, 4) is 0 Å². The molecule has 3 unspecified atom stereocenters. The highest BCUT2D eigenvalue weighted by atomic mass is 16.6. The molecule has 3 atom stereocenters. The van der Waals surface area contributed by atoms with Gasteiger partial charge in [-0.2, -0.15) is 0 Å². The first-order valence-corrected chi connectivity index (χ1v) is 11.7. The molecule has 1 N–H and O–H groups in total. The Balaban J connectivity index is 0.000000245. The minimum atomic E-state index is -0.562. The number of hydrogen-bond donors (Lipinski definition) is 1. The molecule has 0 bridgehead atoms. The van der Waals surface area contributed by atoms with Crippen LogP contribution in [0.25, 0.3) is 0 Å². The first-order chi connectivity index (χ1) is 14.3. The predicted octanol–water partition coefficient (Wildman–Crippen LogP) is 7.32. The molecule has 31 heavy (non-hydrogen) atoms. The fourth-order valence-electron chi connectivity index (χ4n) is 3.53. The number of aliphatic hydroxyl groups is 1. The summed E-state index contributed by atoms with van der Waals surface area (Å²) in [4.78, 5) is 0. The largest absolute Gasteiger partial charge is 0.490 e. The Bertz CT molecular complexity index is 662. The zero-order valence-electron chi connectivity index (χ0n) is 21.3. The maximum absolute atomic E-state index is 9.85. The molecule has 0 spiro atoms. The smallest absolute Gasteiger partial charge is 0.157 e. The number of hydrogen-bond acceptors (Lipinski definition) is 4. The average molecular weight is 435 g/mol. The SMILES string of the molecule is C=C1C=C(C(C)C)CO1.CC(C)C1CCC(C(C)(C)C)OC1O.CC(C)c1ccoc1. The zero-order valence-corrected chi connectivity index (χ0v) is 21.3. The van der Waals surface area contributed by atoms with Crippen molar-refractivity contribution in [2.75, 3.05) is 6.61 Å². The van der Waals surface area contributed by atoms with Gasteiger partial charge in [0.2, 0.25) is 0 Å². The van der Waals surface area contributed by atoms with Crippen LogP contribution in [0.5, 0.6) is 0 Å². The maximum atomic E-state index is 9.85. The third-order valence-electron chi connectivity index (χ3n) is 5.98. The van der Waals surface area contributed by atoms with E-state index >= 15 is 0 Å². The van der Waals surface area contributed by atoms with E-state index in [4.69, 9.17) is 13.9 Å². The average Bonchev–Trinajstić information content (AvgIpc) is 3.33. The van der Waals surface area contributed by atoms with E-state index in [0.717, 1.165) is 25.2 Å². The fourth-order valence-corrected chi connectivity index (χ4v) is 3.53. The second-order valence-electron chi connectivity index (χ2n) is 10.7. The van der Waals surface area contributed by atoms with Gasteiger partial charge >= 0.3 is 0 Å². The van der Waals surface area contributed by atoms with E-state index in [9.17, 15) is 5.11 Å². The van der Waals surface area contributed by atoms with E-state index in [1.165, 1.54) is 11.1 Å². The summed E-state index contributed by atoms with van der Waals surface area (Å²) < 4.78 is 15.7. The van der Waals surface area contributed by atoms with Gasteiger partial charge < -0.3 is 19.0 Å². The summed E-state index contributed by atoms with van der Waals surface area (Å²) >= 11 is 0. The highest BCUT2D eigenvalue weighted by molar-refractivity contribution is 5.23. The van der Waals surface area contributed by atoms with Crippen LogP contribution in [-0.4, -0.2) is 24.1 Å². The Labute approximate surface area is 190 Å². The summed E-state index contributed by atoms with van der Waals surface area (Å²) in [6, 6.07) is 1.99. The number of aliphatic hydroxyl groups excluding tert-OH is 1. The van der Waals surface area contributed by atoms with Gasteiger partial charge in [-0.1, -0.05) is 68.9 Å². The van der Waals surface area contributed by atoms with Crippen LogP contribution >= 0.6 is 0 Å². The van der Waals surface area contributed by atoms with E-state index in [2.05, 4.69) is 68.9 Å². The first-order valence-electron chi connectivity index (χ1n) is 11.7. The molecule has 1 aromatic rings. The highest BCUT2D eigenvalue weighted by Crippen LogP contribution is 2.36. The predicted molar refractivity (Wildman–Crippen MR) is 129 cm³/mol. The van der Waals surface area contributed by atoms with Crippen LogP contribution in [-0.2, 0) is 9.47 Å². The van der Waals surface area contributed by atoms with E-state index in [-0.39, 0.29) is 11.5 Å². The third kappa shape index (κ3) is 9.65. The van der Waals surface area contributed by atoms with Gasteiger partial charge in [-0.3, -0.25) is 0 Å². The van der Waals surface area contributed by atoms with Crippen molar-refractivity contribution in [2.45, 2.75) is 93.5 Å². The fraction of sp³-hybridized carbons (Fsp3) is 0.704. The lowest BCUT2D eigenvalue weighted by Crippen LogP contribution is -2.42. The molecule has 1 saturated heterocycles. The quantitative estimate of drug-likeness (QED) is 0.541. The number of rotatable bonds is 3. The van der Waals surface area contributed by atoms with E-state index < -0.39 is 6.29 Å². The maximum Gasteiger partial charge on any atom is 0.157 e. The van der Waals surface area contributed by atoms with Gasteiger partial charge in [-0.05, 0) is 59.3 Å². The number of ether oxygens (including phenoxy) is 2. The molecule has 3 heterocycles. The number of furan rings is 1. The van der Waals surface area contributed by atoms with Crippen molar-refractivity contribution >= 4 is 0 Å². The molecule has 4 nitrogen and oxygen atoms in total. The van der Waals surface area contributed by atoms with Crippen molar-refractivity contribution in [1.29, 1.82) is 0 Å². The van der Waals surface area contributed by atoms with Crippen LogP contribution in [0.15, 0.2) is 47.0 Å². The molecule has 0 radical (unpaired) electrons. The van der Waals surface area contributed by atoms with Crippen LogP contribution in [0.4, 0.5) is 0 Å². The molecule has 0 aromatic carbocycles. The summed E-state index contributed by atoms with van der Waals surface area (Å²) in [5.74, 6) is 2.82. The molecule has 0 saturated carbocycles.